The number of aliphatic hydroxyl groups excluding tert-OH is 1. The molecule has 0 aromatic carbocycles. The van der Waals surface area contributed by atoms with Crippen LogP contribution in [0.25, 0.3) is 0 Å². The summed E-state index contributed by atoms with van der Waals surface area (Å²) < 4.78 is 9.32. The van der Waals surface area contributed by atoms with Gasteiger partial charge >= 0.3 is 5.97 Å². The number of carbonyl (C=O) groups is 1. The van der Waals surface area contributed by atoms with E-state index in [4.69, 9.17) is 9.84 Å². The van der Waals surface area contributed by atoms with Crippen molar-refractivity contribution >= 4 is 5.97 Å². The molecule has 0 spiro atoms. The zero-order valence-electron chi connectivity index (χ0n) is 17.3. The first kappa shape index (κ1) is 25.4. The molecule has 0 amide bonds. The van der Waals surface area contributed by atoms with E-state index in [1.807, 2.05) is 0 Å². The van der Waals surface area contributed by atoms with Crippen LogP contribution in [0.1, 0.15) is 110 Å². The van der Waals surface area contributed by atoms with Gasteiger partial charge in [0, 0.05) is 6.42 Å². The van der Waals surface area contributed by atoms with Crippen LogP contribution < -0.4 is 0 Å². The van der Waals surface area contributed by atoms with E-state index in [1.165, 1.54) is 83.5 Å². The van der Waals surface area contributed by atoms with Crippen molar-refractivity contribution < 1.29 is 19.4 Å². The Labute approximate surface area is 162 Å². The van der Waals surface area contributed by atoms with Gasteiger partial charge in [0.05, 0.1) is 19.8 Å². The van der Waals surface area contributed by atoms with Gasteiger partial charge in [-0.2, -0.15) is 0 Å². The van der Waals surface area contributed by atoms with Crippen LogP contribution in [0.15, 0.2) is 0 Å². The first-order valence-corrected chi connectivity index (χ1v) is 11.2. The molecular formula is C22H44O4. The van der Waals surface area contributed by atoms with E-state index in [2.05, 4.69) is 11.7 Å². The minimum atomic E-state index is -0.172. The van der Waals surface area contributed by atoms with Crippen molar-refractivity contribution in [2.45, 2.75) is 110 Å². The molecule has 26 heavy (non-hydrogen) atoms. The van der Waals surface area contributed by atoms with Crippen LogP contribution in [-0.2, 0) is 14.3 Å². The smallest absolute Gasteiger partial charge is 0.305 e. The third kappa shape index (κ3) is 25.6. The predicted molar refractivity (Wildman–Crippen MR) is 108 cm³/mol. The Kier molecular flexibility index (Phi) is 21.9. The summed E-state index contributed by atoms with van der Waals surface area (Å²) in [5.74, 6) is -0.172. The molecule has 0 aromatic rings. The van der Waals surface area contributed by atoms with E-state index in [0.29, 0.717) is 6.42 Å². The Morgan fingerprint density at radius 3 is 1.50 bits per heavy atom. The molecule has 1 rings (SSSR count). The zero-order chi connectivity index (χ0) is 19.1. The second-order valence-electron chi connectivity index (χ2n) is 7.26. The molecule has 0 radical (unpaired) electrons. The van der Waals surface area contributed by atoms with E-state index in [-0.39, 0.29) is 19.2 Å². The van der Waals surface area contributed by atoms with Gasteiger partial charge in [0.25, 0.3) is 0 Å². The Morgan fingerprint density at radius 2 is 1.15 bits per heavy atom. The first-order valence-electron chi connectivity index (χ1n) is 11.2. The summed E-state index contributed by atoms with van der Waals surface area (Å²) in [7, 11) is 0. The fourth-order valence-corrected chi connectivity index (χ4v) is 2.87. The van der Waals surface area contributed by atoms with Gasteiger partial charge in [-0.15, -0.1) is 0 Å². The minimum absolute atomic E-state index is 0.0788. The maximum atomic E-state index is 11.2. The van der Waals surface area contributed by atoms with E-state index in [9.17, 15) is 4.79 Å². The number of esters is 1. The molecule has 0 aliphatic carbocycles. The summed E-state index contributed by atoms with van der Waals surface area (Å²) >= 11 is 0. The summed E-state index contributed by atoms with van der Waals surface area (Å²) in [5.41, 5.74) is 0. The van der Waals surface area contributed by atoms with Crippen molar-refractivity contribution in [1.29, 1.82) is 0 Å². The molecule has 0 unspecified atom stereocenters. The number of ether oxygens (including phenoxy) is 2. The number of epoxide rings is 1. The molecule has 156 valence electrons. The average molecular weight is 373 g/mol. The Bertz CT molecular complexity index is 277. The Balaban J connectivity index is 0.00000187. The number of hydrogen-bond acceptors (Lipinski definition) is 4. The maximum absolute atomic E-state index is 11.2. The van der Waals surface area contributed by atoms with Crippen LogP contribution >= 0.6 is 0 Å². The van der Waals surface area contributed by atoms with Gasteiger partial charge in [-0.25, -0.2) is 0 Å². The van der Waals surface area contributed by atoms with E-state index in [0.717, 1.165) is 26.1 Å². The fraction of sp³-hybridized carbons (Fsp3) is 0.955. The standard InChI is InChI=1S/C20H40O3.C2H4O/c1-2-3-4-5-6-7-8-9-10-11-12-13-14-15-16-17-20(22)23-19-18-21;1-2-3-1/h21H,2-19H2,1H3;1-2H2. The highest BCUT2D eigenvalue weighted by Gasteiger charge is 2.01. The lowest BCUT2D eigenvalue weighted by atomic mass is 10.0. The van der Waals surface area contributed by atoms with Gasteiger partial charge in [0.2, 0.25) is 0 Å². The lowest BCUT2D eigenvalue weighted by Crippen LogP contribution is -2.07. The van der Waals surface area contributed by atoms with Crippen LogP contribution in [0.4, 0.5) is 0 Å². The summed E-state index contributed by atoms with van der Waals surface area (Å²) in [6, 6.07) is 0. The van der Waals surface area contributed by atoms with Crippen molar-refractivity contribution in [3.63, 3.8) is 0 Å². The molecular weight excluding hydrogens is 328 g/mol. The quantitative estimate of drug-likeness (QED) is 0.188. The van der Waals surface area contributed by atoms with Crippen LogP contribution in [-0.4, -0.2) is 37.5 Å². The SMILES string of the molecule is C1CO1.CCCCCCCCCCCCCCCCCC(=O)OCCO. The summed E-state index contributed by atoms with van der Waals surface area (Å²) in [6.45, 7) is 4.33. The number of rotatable bonds is 18. The van der Waals surface area contributed by atoms with Crippen LogP contribution in [0.3, 0.4) is 0 Å². The summed E-state index contributed by atoms with van der Waals surface area (Å²) in [5, 5.41) is 8.54. The summed E-state index contributed by atoms with van der Waals surface area (Å²) in [4.78, 5) is 11.2. The largest absolute Gasteiger partial charge is 0.463 e. The fourth-order valence-electron chi connectivity index (χ4n) is 2.87. The van der Waals surface area contributed by atoms with E-state index >= 15 is 0 Å². The molecule has 0 aromatic heterocycles. The van der Waals surface area contributed by atoms with Gasteiger partial charge in [0.1, 0.15) is 6.61 Å². The number of aliphatic hydroxyl groups is 1. The average Bonchev–Trinajstić information content (AvgIpc) is 3.52. The van der Waals surface area contributed by atoms with Crippen LogP contribution in [0, 0.1) is 0 Å². The second-order valence-corrected chi connectivity index (χ2v) is 7.26. The van der Waals surface area contributed by atoms with Crippen molar-refractivity contribution in [2.75, 3.05) is 26.4 Å². The zero-order valence-corrected chi connectivity index (χ0v) is 17.3. The number of hydrogen-bond donors (Lipinski definition) is 1. The topological polar surface area (TPSA) is 59.1 Å². The Morgan fingerprint density at radius 1 is 0.769 bits per heavy atom. The first-order chi connectivity index (χ1) is 12.8. The minimum Gasteiger partial charge on any atom is -0.463 e. The molecule has 1 saturated heterocycles. The lowest BCUT2D eigenvalue weighted by Gasteiger charge is -2.04. The third-order valence-corrected chi connectivity index (χ3v) is 4.54. The van der Waals surface area contributed by atoms with Gasteiger partial charge in [0.15, 0.2) is 0 Å². The van der Waals surface area contributed by atoms with E-state index < -0.39 is 0 Å². The highest BCUT2D eigenvalue weighted by atomic mass is 16.6. The van der Waals surface area contributed by atoms with Gasteiger partial charge < -0.3 is 14.6 Å². The molecule has 0 bridgehead atoms. The predicted octanol–water partition coefficient (Wildman–Crippen LogP) is 5.80. The second kappa shape index (κ2) is 22.4. The molecule has 1 aliphatic rings. The molecule has 1 fully saturated rings. The van der Waals surface area contributed by atoms with Gasteiger partial charge in [-0.05, 0) is 6.42 Å². The Hall–Kier alpha value is -0.610. The highest BCUT2D eigenvalue weighted by molar-refractivity contribution is 5.69. The molecule has 4 nitrogen and oxygen atoms in total. The van der Waals surface area contributed by atoms with Crippen LogP contribution in [0.2, 0.25) is 0 Å². The molecule has 1 aliphatic heterocycles. The third-order valence-electron chi connectivity index (χ3n) is 4.54. The number of carbonyl (C=O) groups excluding carboxylic acids is 1. The normalized spacial score (nSPS) is 12.4. The molecule has 0 saturated carbocycles. The highest BCUT2D eigenvalue weighted by Crippen LogP contribution is 2.13. The van der Waals surface area contributed by atoms with Gasteiger partial charge in [-0.1, -0.05) is 96.8 Å². The molecule has 4 heteroatoms. The van der Waals surface area contributed by atoms with Crippen molar-refractivity contribution in [3.8, 4) is 0 Å². The van der Waals surface area contributed by atoms with Crippen molar-refractivity contribution in [2.24, 2.45) is 0 Å². The van der Waals surface area contributed by atoms with E-state index in [1.54, 1.807) is 0 Å². The van der Waals surface area contributed by atoms with Gasteiger partial charge in [-0.3, -0.25) is 4.79 Å². The van der Waals surface area contributed by atoms with Crippen molar-refractivity contribution in [3.05, 3.63) is 0 Å². The summed E-state index contributed by atoms with van der Waals surface area (Å²) in [6.07, 6.45) is 20.4. The lowest BCUT2D eigenvalue weighted by molar-refractivity contribution is -0.144. The molecule has 1 N–H and O–H groups in total. The molecule has 0 atom stereocenters. The maximum Gasteiger partial charge on any atom is 0.305 e. The monoisotopic (exact) mass is 372 g/mol. The number of unbranched alkanes of at least 4 members (excludes halogenated alkanes) is 14. The van der Waals surface area contributed by atoms with Crippen molar-refractivity contribution in [1.82, 2.24) is 0 Å². The molecule has 1 heterocycles. The van der Waals surface area contributed by atoms with Crippen LogP contribution in [0.5, 0.6) is 0 Å².